The Bertz CT molecular complexity index is 1170. The fourth-order valence-corrected chi connectivity index (χ4v) is 4.56. The molecule has 1 atom stereocenters. The van der Waals surface area contributed by atoms with E-state index < -0.39 is 0 Å². The number of carbonyl (C=O) groups excluding carboxylic acids is 1. The van der Waals surface area contributed by atoms with Crippen LogP contribution in [0.15, 0.2) is 59.6 Å². The largest absolute Gasteiger partial charge is 0.380 e. The molecule has 32 heavy (non-hydrogen) atoms. The molecule has 0 saturated heterocycles. The fourth-order valence-electron chi connectivity index (χ4n) is 4.56. The van der Waals surface area contributed by atoms with Crippen molar-refractivity contribution in [2.24, 2.45) is 12.0 Å². The number of aromatic nitrogens is 2. The third-order valence-electron chi connectivity index (χ3n) is 6.18. The van der Waals surface area contributed by atoms with Crippen molar-refractivity contribution < 1.29 is 4.79 Å². The fraction of sp³-hybridized carbons (Fsp3) is 0.320. The van der Waals surface area contributed by atoms with E-state index >= 15 is 0 Å². The molecule has 0 fully saturated rings. The van der Waals surface area contributed by atoms with Crippen LogP contribution < -0.4 is 15.5 Å². The topological polar surface area (TPSA) is 74.6 Å². The van der Waals surface area contributed by atoms with E-state index in [-0.39, 0.29) is 11.9 Å². The highest BCUT2D eigenvalue weighted by Crippen LogP contribution is 2.36. The molecule has 7 nitrogen and oxygen atoms in total. The predicted molar refractivity (Wildman–Crippen MR) is 129 cm³/mol. The highest BCUT2D eigenvalue weighted by molar-refractivity contribution is 5.99. The number of aliphatic imine (C=N–C) groups is 1. The molecule has 2 aliphatic rings. The summed E-state index contributed by atoms with van der Waals surface area (Å²) < 4.78 is 1.86. The average molecular weight is 429 g/mol. The summed E-state index contributed by atoms with van der Waals surface area (Å²) in [5.74, 6) is 1.97. The number of nitrogens with one attached hydrogen (secondary N) is 2. The predicted octanol–water partition coefficient (Wildman–Crippen LogP) is 4.08. The minimum atomic E-state index is 0.0935. The first-order valence-corrected chi connectivity index (χ1v) is 11.1. The van der Waals surface area contributed by atoms with Crippen LogP contribution in [0, 0.1) is 0 Å². The van der Waals surface area contributed by atoms with Gasteiger partial charge in [-0.3, -0.25) is 14.5 Å². The molecule has 2 aromatic carbocycles. The Labute approximate surface area is 188 Å². The number of fused-ring (bicyclic) bond motifs is 1. The lowest BCUT2D eigenvalue weighted by Gasteiger charge is -2.27. The number of benzene rings is 2. The van der Waals surface area contributed by atoms with Crippen LogP contribution >= 0.6 is 0 Å². The minimum absolute atomic E-state index is 0.0935. The van der Waals surface area contributed by atoms with Crippen molar-refractivity contribution in [3.8, 4) is 11.3 Å². The molecule has 7 heteroatoms. The van der Waals surface area contributed by atoms with E-state index in [9.17, 15) is 4.79 Å². The number of hydrogen-bond donors (Lipinski definition) is 2. The zero-order valence-corrected chi connectivity index (χ0v) is 18.5. The van der Waals surface area contributed by atoms with Crippen LogP contribution in [0.2, 0.25) is 0 Å². The third-order valence-corrected chi connectivity index (χ3v) is 6.18. The summed E-state index contributed by atoms with van der Waals surface area (Å²) in [6, 6.07) is 18.7. The maximum absolute atomic E-state index is 12.1. The molecule has 3 heterocycles. The molecule has 5 rings (SSSR count). The molecule has 164 valence electrons. The summed E-state index contributed by atoms with van der Waals surface area (Å²) in [6.45, 7) is 3.15. The molecular formula is C25H28N6O. The summed E-state index contributed by atoms with van der Waals surface area (Å²) in [5, 5.41) is 11.8. The van der Waals surface area contributed by atoms with Gasteiger partial charge in [0.2, 0.25) is 5.91 Å². The van der Waals surface area contributed by atoms with Gasteiger partial charge in [0.25, 0.3) is 0 Å². The van der Waals surface area contributed by atoms with Crippen molar-refractivity contribution in [2.45, 2.75) is 32.2 Å². The molecule has 1 amide bonds. The second kappa shape index (κ2) is 8.49. The summed E-state index contributed by atoms with van der Waals surface area (Å²) in [6.07, 6.45) is 2.65. The lowest BCUT2D eigenvalue weighted by atomic mass is 10.0. The number of para-hydroxylation sites is 1. The molecule has 0 spiro atoms. The van der Waals surface area contributed by atoms with Gasteiger partial charge in [-0.2, -0.15) is 5.10 Å². The Balaban J connectivity index is 1.30. The second-order valence-electron chi connectivity index (χ2n) is 8.43. The number of anilines is 3. The van der Waals surface area contributed by atoms with Crippen molar-refractivity contribution >= 4 is 28.9 Å². The molecule has 1 unspecified atom stereocenters. The normalized spacial score (nSPS) is 17.6. The Morgan fingerprint density at radius 3 is 2.78 bits per heavy atom. The van der Waals surface area contributed by atoms with Crippen molar-refractivity contribution in [1.82, 2.24) is 9.78 Å². The van der Waals surface area contributed by atoms with Crippen LogP contribution in [0.3, 0.4) is 0 Å². The first kappa shape index (κ1) is 20.3. The van der Waals surface area contributed by atoms with Gasteiger partial charge in [-0.05, 0) is 24.5 Å². The Morgan fingerprint density at radius 1 is 1.12 bits per heavy atom. The van der Waals surface area contributed by atoms with Crippen LogP contribution in [-0.4, -0.2) is 40.7 Å². The number of hydrogen-bond acceptors (Lipinski definition) is 5. The molecule has 2 N–H and O–H groups in total. The molecule has 0 aliphatic carbocycles. The Morgan fingerprint density at radius 2 is 1.97 bits per heavy atom. The van der Waals surface area contributed by atoms with Gasteiger partial charge in [0.05, 0.1) is 17.1 Å². The summed E-state index contributed by atoms with van der Waals surface area (Å²) in [4.78, 5) is 18.7. The Hall–Kier alpha value is -3.61. The van der Waals surface area contributed by atoms with E-state index in [4.69, 9.17) is 4.99 Å². The summed E-state index contributed by atoms with van der Waals surface area (Å²) in [7, 11) is 1.94. The van der Waals surface area contributed by atoms with Crippen molar-refractivity contribution in [3.63, 3.8) is 0 Å². The quantitative estimate of drug-likeness (QED) is 0.657. The van der Waals surface area contributed by atoms with Gasteiger partial charge in [-0.25, -0.2) is 0 Å². The molecule has 0 radical (unpaired) electrons. The van der Waals surface area contributed by atoms with Crippen LogP contribution in [0.25, 0.3) is 11.3 Å². The van der Waals surface area contributed by atoms with Crippen LogP contribution in [-0.2, 0) is 18.3 Å². The lowest BCUT2D eigenvalue weighted by Crippen LogP contribution is -2.33. The highest BCUT2D eigenvalue weighted by Gasteiger charge is 2.27. The average Bonchev–Trinajstić information content (AvgIpc) is 3.39. The zero-order chi connectivity index (χ0) is 22.1. The first-order chi connectivity index (χ1) is 15.6. The van der Waals surface area contributed by atoms with Crippen LogP contribution in [0.4, 0.5) is 17.2 Å². The van der Waals surface area contributed by atoms with E-state index in [1.165, 1.54) is 5.56 Å². The molecule has 1 aromatic heterocycles. The molecule has 0 saturated carbocycles. The van der Waals surface area contributed by atoms with Gasteiger partial charge in [0.15, 0.2) is 0 Å². The van der Waals surface area contributed by atoms with Gasteiger partial charge in [-0.15, -0.1) is 0 Å². The monoisotopic (exact) mass is 428 g/mol. The van der Waals surface area contributed by atoms with E-state index in [0.29, 0.717) is 0 Å². The smallest absolute Gasteiger partial charge is 0.223 e. The maximum Gasteiger partial charge on any atom is 0.223 e. The van der Waals surface area contributed by atoms with Crippen molar-refractivity contribution in [2.75, 3.05) is 28.6 Å². The highest BCUT2D eigenvalue weighted by atomic mass is 16.2. The second-order valence-corrected chi connectivity index (χ2v) is 8.43. The molecule has 2 aliphatic heterocycles. The number of rotatable bonds is 4. The number of amidine groups is 1. The van der Waals surface area contributed by atoms with Gasteiger partial charge in [-0.1, -0.05) is 42.5 Å². The van der Waals surface area contributed by atoms with E-state index in [0.717, 1.165) is 66.6 Å². The van der Waals surface area contributed by atoms with Crippen LogP contribution in [0.1, 0.15) is 25.3 Å². The van der Waals surface area contributed by atoms with E-state index in [2.05, 4.69) is 52.1 Å². The summed E-state index contributed by atoms with van der Waals surface area (Å²) in [5.41, 5.74) is 5.33. The summed E-state index contributed by atoms with van der Waals surface area (Å²) >= 11 is 0. The number of carbonyl (C=O) groups is 1. The zero-order valence-electron chi connectivity index (χ0n) is 18.5. The number of nitrogens with zero attached hydrogens (tertiary/aromatic N) is 4. The molecule has 0 bridgehead atoms. The van der Waals surface area contributed by atoms with E-state index in [1.54, 1.807) is 6.92 Å². The van der Waals surface area contributed by atoms with Crippen molar-refractivity contribution in [3.05, 3.63) is 60.2 Å². The molecular weight excluding hydrogens is 400 g/mol. The number of aryl methyl sites for hydroxylation is 1. The van der Waals surface area contributed by atoms with Gasteiger partial charge < -0.3 is 15.5 Å². The first-order valence-electron chi connectivity index (χ1n) is 11.1. The molecule has 3 aromatic rings. The van der Waals surface area contributed by atoms with Gasteiger partial charge in [0, 0.05) is 51.2 Å². The third kappa shape index (κ3) is 3.98. The lowest BCUT2D eigenvalue weighted by molar-refractivity contribution is -0.116. The maximum atomic E-state index is 12.1. The van der Waals surface area contributed by atoms with Crippen LogP contribution in [0.5, 0.6) is 0 Å². The van der Waals surface area contributed by atoms with Crippen molar-refractivity contribution in [1.29, 1.82) is 0 Å². The van der Waals surface area contributed by atoms with Gasteiger partial charge >= 0.3 is 0 Å². The standard InChI is InChI=1S/C25H28N6O/c1-17(32)31-14-12-19-9-6-10-21(25(19)31)27-20-11-13-26-23(15-20)28-24-16-22(29-30(24)2)18-7-4-3-5-8-18/h3-10,16,20,27H,11-15H2,1-2H3,(H,26,28). The minimum Gasteiger partial charge on any atom is -0.380 e. The van der Waals surface area contributed by atoms with E-state index in [1.807, 2.05) is 34.8 Å². The number of amides is 1. The SMILES string of the molecule is CC(=O)N1CCc2cccc(NC3CCN=C(Nc4cc(-c5ccccc5)nn4C)C3)c21. The Kier molecular flexibility index (Phi) is 5.39. The van der Waals surface area contributed by atoms with Gasteiger partial charge in [0.1, 0.15) is 11.7 Å².